The molecule has 0 bridgehead atoms. The molecule has 1 aromatic carbocycles. The molecule has 0 saturated heterocycles. The summed E-state index contributed by atoms with van der Waals surface area (Å²) in [6, 6.07) is 3.78. The van der Waals surface area contributed by atoms with Gasteiger partial charge in [0.25, 0.3) is 0 Å². The van der Waals surface area contributed by atoms with Crippen molar-refractivity contribution in [1.29, 1.82) is 0 Å². The van der Waals surface area contributed by atoms with E-state index in [4.69, 9.17) is 18.9 Å². The monoisotopic (exact) mass is 269 g/mol. The van der Waals surface area contributed by atoms with E-state index in [2.05, 4.69) is 5.32 Å². The molecular weight excluding hydrogens is 246 g/mol. The standard InChI is InChI=1S/C14H23NO4/c1-5-19-8-6-7-15-11-9-12(16-2)14(18-4)13(10-11)17-3/h9-10,15H,5-8H2,1-4H3. The summed E-state index contributed by atoms with van der Waals surface area (Å²) >= 11 is 0. The zero-order chi connectivity index (χ0) is 14.1. The molecule has 0 radical (unpaired) electrons. The summed E-state index contributed by atoms with van der Waals surface area (Å²) in [5.41, 5.74) is 0.936. The molecular formula is C14H23NO4. The number of nitrogens with one attached hydrogen (secondary N) is 1. The third-order valence-corrected chi connectivity index (χ3v) is 2.66. The lowest BCUT2D eigenvalue weighted by molar-refractivity contribution is 0.147. The van der Waals surface area contributed by atoms with Crippen LogP contribution in [0, 0.1) is 0 Å². The van der Waals surface area contributed by atoms with Crippen molar-refractivity contribution in [3.63, 3.8) is 0 Å². The highest BCUT2D eigenvalue weighted by Gasteiger charge is 2.12. The van der Waals surface area contributed by atoms with Gasteiger partial charge in [0.2, 0.25) is 5.75 Å². The van der Waals surface area contributed by atoms with Crippen molar-refractivity contribution in [1.82, 2.24) is 0 Å². The van der Waals surface area contributed by atoms with Gasteiger partial charge >= 0.3 is 0 Å². The molecule has 1 rings (SSSR count). The Labute approximate surface area is 114 Å². The Bertz CT molecular complexity index is 357. The van der Waals surface area contributed by atoms with Crippen molar-refractivity contribution in [3.05, 3.63) is 12.1 Å². The van der Waals surface area contributed by atoms with Crippen molar-refractivity contribution < 1.29 is 18.9 Å². The van der Waals surface area contributed by atoms with Crippen LogP contribution in [-0.4, -0.2) is 41.1 Å². The van der Waals surface area contributed by atoms with Crippen LogP contribution >= 0.6 is 0 Å². The van der Waals surface area contributed by atoms with Crippen LogP contribution in [0.25, 0.3) is 0 Å². The maximum atomic E-state index is 5.29. The van der Waals surface area contributed by atoms with E-state index >= 15 is 0 Å². The molecule has 0 heterocycles. The molecule has 1 N–H and O–H groups in total. The molecule has 108 valence electrons. The van der Waals surface area contributed by atoms with Gasteiger partial charge in [-0.15, -0.1) is 0 Å². The minimum atomic E-state index is 0.602. The fraction of sp³-hybridized carbons (Fsp3) is 0.571. The second kappa shape index (κ2) is 8.48. The second-order valence-electron chi connectivity index (χ2n) is 3.89. The molecule has 0 aliphatic heterocycles. The maximum absolute atomic E-state index is 5.29. The lowest BCUT2D eigenvalue weighted by atomic mass is 10.2. The van der Waals surface area contributed by atoms with Crippen molar-refractivity contribution >= 4 is 5.69 Å². The van der Waals surface area contributed by atoms with Gasteiger partial charge in [-0.2, -0.15) is 0 Å². The predicted octanol–water partition coefficient (Wildman–Crippen LogP) is 2.55. The smallest absolute Gasteiger partial charge is 0.203 e. The summed E-state index contributed by atoms with van der Waals surface area (Å²) in [7, 11) is 4.81. The molecule has 0 aromatic heterocycles. The van der Waals surface area contributed by atoms with Gasteiger partial charge < -0.3 is 24.3 Å². The fourth-order valence-electron chi connectivity index (χ4n) is 1.73. The van der Waals surface area contributed by atoms with Crippen LogP contribution in [-0.2, 0) is 4.74 Å². The predicted molar refractivity (Wildman–Crippen MR) is 75.7 cm³/mol. The van der Waals surface area contributed by atoms with Gasteiger partial charge in [0.05, 0.1) is 21.3 Å². The summed E-state index contributed by atoms with van der Waals surface area (Å²) in [6.07, 6.45) is 0.949. The lowest BCUT2D eigenvalue weighted by Crippen LogP contribution is -2.06. The van der Waals surface area contributed by atoms with Crippen LogP contribution in [0.1, 0.15) is 13.3 Å². The minimum absolute atomic E-state index is 0.602. The maximum Gasteiger partial charge on any atom is 0.203 e. The Morgan fingerprint density at radius 1 is 1.00 bits per heavy atom. The molecule has 5 heteroatoms. The topological polar surface area (TPSA) is 49.0 Å². The van der Waals surface area contributed by atoms with Crippen molar-refractivity contribution in [2.45, 2.75) is 13.3 Å². The molecule has 0 saturated carbocycles. The number of ether oxygens (including phenoxy) is 4. The number of anilines is 1. The molecule has 0 unspecified atom stereocenters. The lowest BCUT2D eigenvalue weighted by Gasteiger charge is -2.15. The van der Waals surface area contributed by atoms with E-state index in [9.17, 15) is 0 Å². The Balaban J connectivity index is 2.68. The number of hydrogen-bond donors (Lipinski definition) is 1. The summed E-state index contributed by atoms with van der Waals surface area (Å²) in [5, 5.41) is 3.31. The zero-order valence-corrected chi connectivity index (χ0v) is 12.1. The van der Waals surface area contributed by atoms with Crippen LogP contribution in [0.5, 0.6) is 17.2 Å². The molecule has 0 spiro atoms. The van der Waals surface area contributed by atoms with E-state index in [1.165, 1.54) is 0 Å². The van der Waals surface area contributed by atoms with E-state index < -0.39 is 0 Å². The van der Waals surface area contributed by atoms with Gasteiger partial charge in [-0.1, -0.05) is 0 Å². The summed E-state index contributed by atoms with van der Waals surface area (Å²) in [4.78, 5) is 0. The van der Waals surface area contributed by atoms with E-state index in [-0.39, 0.29) is 0 Å². The summed E-state index contributed by atoms with van der Waals surface area (Å²) in [5.74, 6) is 1.90. The molecule has 0 amide bonds. The van der Waals surface area contributed by atoms with Crippen molar-refractivity contribution in [2.75, 3.05) is 46.4 Å². The highest BCUT2D eigenvalue weighted by atomic mass is 16.5. The Morgan fingerprint density at radius 2 is 1.63 bits per heavy atom. The van der Waals surface area contributed by atoms with Gasteiger partial charge in [0.15, 0.2) is 11.5 Å². The van der Waals surface area contributed by atoms with Gasteiger partial charge in [-0.3, -0.25) is 0 Å². The highest BCUT2D eigenvalue weighted by molar-refractivity contribution is 5.62. The molecule has 0 fully saturated rings. The third kappa shape index (κ3) is 4.52. The van der Waals surface area contributed by atoms with E-state index in [1.54, 1.807) is 21.3 Å². The fourth-order valence-corrected chi connectivity index (χ4v) is 1.73. The van der Waals surface area contributed by atoms with E-state index in [0.717, 1.165) is 31.9 Å². The van der Waals surface area contributed by atoms with Crippen LogP contribution in [0.3, 0.4) is 0 Å². The molecule has 5 nitrogen and oxygen atoms in total. The van der Waals surface area contributed by atoms with Crippen LogP contribution in [0.4, 0.5) is 5.69 Å². The number of hydrogen-bond acceptors (Lipinski definition) is 5. The number of rotatable bonds is 9. The van der Waals surface area contributed by atoms with Gasteiger partial charge in [0.1, 0.15) is 0 Å². The van der Waals surface area contributed by atoms with Gasteiger partial charge in [-0.25, -0.2) is 0 Å². The first-order valence-corrected chi connectivity index (χ1v) is 6.38. The number of methoxy groups -OCH3 is 3. The quantitative estimate of drug-likeness (QED) is 0.698. The minimum Gasteiger partial charge on any atom is -0.493 e. The zero-order valence-electron chi connectivity index (χ0n) is 12.1. The Morgan fingerprint density at radius 3 is 2.11 bits per heavy atom. The summed E-state index contributed by atoms with van der Waals surface area (Å²) in [6.45, 7) is 4.34. The van der Waals surface area contributed by atoms with Crippen LogP contribution in [0.15, 0.2) is 12.1 Å². The van der Waals surface area contributed by atoms with Crippen LogP contribution in [0.2, 0.25) is 0 Å². The number of benzene rings is 1. The molecule has 0 atom stereocenters. The normalized spacial score (nSPS) is 10.1. The Hall–Kier alpha value is -1.62. The van der Waals surface area contributed by atoms with Crippen molar-refractivity contribution in [2.24, 2.45) is 0 Å². The first-order chi connectivity index (χ1) is 9.26. The highest BCUT2D eigenvalue weighted by Crippen LogP contribution is 2.39. The molecule has 0 aliphatic rings. The van der Waals surface area contributed by atoms with E-state index in [0.29, 0.717) is 17.2 Å². The molecule has 0 aliphatic carbocycles. The Kier molecular flexibility index (Phi) is 6.89. The molecule has 1 aromatic rings. The first-order valence-electron chi connectivity index (χ1n) is 6.38. The van der Waals surface area contributed by atoms with E-state index in [1.807, 2.05) is 19.1 Å². The first kappa shape index (κ1) is 15.4. The van der Waals surface area contributed by atoms with Gasteiger partial charge in [-0.05, 0) is 13.3 Å². The van der Waals surface area contributed by atoms with Crippen molar-refractivity contribution in [3.8, 4) is 17.2 Å². The third-order valence-electron chi connectivity index (χ3n) is 2.66. The second-order valence-corrected chi connectivity index (χ2v) is 3.89. The SMILES string of the molecule is CCOCCCNc1cc(OC)c(OC)c(OC)c1. The average Bonchev–Trinajstić information content (AvgIpc) is 2.45. The van der Waals surface area contributed by atoms with Crippen LogP contribution < -0.4 is 19.5 Å². The van der Waals surface area contributed by atoms with Gasteiger partial charge in [0, 0.05) is 37.6 Å². The molecule has 19 heavy (non-hydrogen) atoms. The average molecular weight is 269 g/mol. The summed E-state index contributed by atoms with van der Waals surface area (Å²) < 4.78 is 21.2. The largest absolute Gasteiger partial charge is 0.493 e.